The summed E-state index contributed by atoms with van der Waals surface area (Å²) in [6, 6.07) is 0. The molecule has 0 saturated heterocycles. The van der Waals surface area contributed by atoms with E-state index in [4.69, 9.17) is 0 Å². The molecule has 5 rings (SSSR count). The van der Waals surface area contributed by atoms with Crippen molar-refractivity contribution in [1.29, 1.82) is 0 Å². The van der Waals surface area contributed by atoms with Gasteiger partial charge in [0, 0.05) is 22.3 Å². The van der Waals surface area contributed by atoms with Crippen molar-refractivity contribution in [2.75, 3.05) is 0 Å². The average molecular weight is 398 g/mol. The van der Waals surface area contributed by atoms with Gasteiger partial charge in [-0.1, -0.05) is 0 Å². The predicted octanol–water partition coefficient (Wildman–Crippen LogP) is 0.955. The van der Waals surface area contributed by atoms with Crippen molar-refractivity contribution in [3.8, 4) is 0 Å². The van der Waals surface area contributed by atoms with E-state index in [1.54, 1.807) is 24.8 Å². The summed E-state index contributed by atoms with van der Waals surface area (Å²) in [5, 5.41) is 0. The zero-order valence-corrected chi connectivity index (χ0v) is 16.9. The minimum absolute atomic E-state index is 0.538. The van der Waals surface area contributed by atoms with Crippen molar-refractivity contribution in [3.05, 3.63) is 45.9 Å². The van der Waals surface area contributed by atoms with E-state index in [1.807, 2.05) is 27.7 Å². The lowest BCUT2D eigenvalue weighted by atomic mass is 10.2. The number of allylic oxidation sites excluding steroid dienone is 4. The third kappa shape index (κ3) is 3.08. The van der Waals surface area contributed by atoms with Crippen molar-refractivity contribution in [3.63, 3.8) is 0 Å². The highest BCUT2D eigenvalue weighted by molar-refractivity contribution is 5.89. The molecule has 10 nitrogen and oxygen atoms in total. The quantitative estimate of drug-likeness (QED) is 0.668. The van der Waals surface area contributed by atoms with Crippen LogP contribution in [0.2, 0.25) is 0 Å². The molecule has 0 spiro atoms. The van der Waals surface area contributed by atoms with Gasteiger partial charge >= 0.3 is 0 Å². The number of aromatic amines is 2. The minimum atomic E-state index is 0.538. The van der Waals surface area contributed by atoms with Crippen LogP contribution < -0.4 is 11.0 Å². The molecule has 8 bridgehead atoms. The Bertz CT molecular complexity index is 1320. The number of fused-ring (bicyclic) bond motifs is 8. The monoisotopic (exact) mass is 398 g/mol. The Morgan fingerprint density at radius 3 is 1.27 bits per heavy atom. The van der Waals surface area contributed by atoms with Crippen LogP contribution in [-0.2, 0) is 0 Å². The molecule has 4 aliphatic heterocycles. The molecule has 4 aliphatic rings. The highest BCUT2D eigenvalue weighted by Gasteiger charge is 2.17. The molecule has 30 heavy (non-hydrogen) atoms. The molecule has 0 unspecified atom stereocenters. The molecule has 148 valence electrons. The number of hydrogen-bond acceptors (Lipinski definition) is 8. The summed E-state index contributed by atoms with van der Waals surface area (Å²) in [5.41, 5.74) is 4.84. The first-order chi connectivity index (χ1) is 14.5. The number of aromatic nitrogens is 8. The molecule has 0 radical (unpaired) electrons. The van der Waals surface area contributed by atoms with Crippen molar-refractivity contribution in [2.24, 2.45) is 9.98 Å². The molecule has 0 atom stereocenters. The van der Waals surface area contributed by atoms with Gasteiger partial charge in [-0.2, -0.15) is 0 Å². The number of nitrogens with one attached hydrogen (secondary N) is 2. The molecule has 0 saturated carbocycles. The number of rotatable bonds is 0. The number of hydrogen-bond donors (Lipinski definition) is 2. The standard InChI is InChI=1S/C20H18N10/c1-9-10(2)18-26-14-6-22-8-16(24-14)28-20-12(4)11(3)19(30-20)27-15-7-21-5-13(23-15)25-17(9)29-18/h5-8H,1-4H3,(H2,23,24,25,26,27,28,29,30). The van der Waals surface area contributed by atoms with Gasteiger partial charge in [0.2, 0.25) is 0 Å². The fourth-order valence-corrected chi connectivity index (χ4v) is 3.07. The molecular formula is C20H18N10. The van der Waals surface area contributed by atoms with E-state index < -0.39 is 0 Å². The third-order valence-electron chi connectivity index (χ3n) is 5.10. The minimum Gasteiger partial charge on any atom is -0.322 e. The summed E-state index contributed by atoms with van der Waals surface area (Å²) in [5.74, 6) is 3.37. The van der Waals surface area contributed by atoms with Crippen molar-refractivity contribution in [1.82, 2.24) is 39.9 Å². The molecule has 0 aromatic carbocycles. The van der Waals surface area contributed by atoms with Crippen LogP contribution in [-0.4, -0.2) is 52.3 Å². The van der Waals surface area contributed by atoms with Crippen LogP contribution in [0, 0.1) is 0 Å². The topological polar surface area (TPSA) is 134 Å². The SMILES string of the molecule is CC1=C(C)c2nc1nc1[nH]c(nc3nc(nc4[nH]c(n2)=CN=C4)C(C)=C3C)=CN=C1. The lowest BCUT2D eigenvalue weighted by Crippen LogP contribution is -2.17. The van der Waals surface area contributed by atoms with Gasteiger partial charge in [0.05, 0.1) is 24.8 Å². The average Bonchev–Trinajstić information content (AvgIpc) is 3.13. The second kappa shape index (κ2) is 6.76. The first-order valence-corrected chi connectivity index (χ1v) is 9.37. The van der Waals surface area contributed by atoms with Crippen LogP contribution >= 0.6 is 0 Å². The van der Waals surface area contributed by atoms with Gasteiger partial charge in [-0.3, -0.25) is 9.98 Å². The summed E-state index contributed by atoms with van der Waals surface area (Å²) < 4.78 is 0. The fourth-order valence-electron chi connectivity index (χ4n) is 3.07. The van der Waals surface area contributed by atoms with Gasteiger partial charge in [0.25, 0.3) is 0 Å². The Morgan fingerprint density at radius 2 is 0.867 bits per heavy atom. The molecule has 5 heterocycles. The summed E-state index contributed by atoms with van der Waals surface area (Å²) in [6.07, 6.45) is 6.50. The smallest absolute Gasteiger partial charge is 0.160 e. The summed E-state index contributed by atoms with van der Waals surface area (Å²) in [6.45, 7) is 7.85. The van der Waals surface area contributed by atoms with E-state index >= 15 is 0 Å². The maximum atomic E-state index is 4.61. The predicted molar refractivity (Wildman–Crippen MR) is 114 cm³/mol. The zero-order valence-electron chi connectivity index (χ0n) is 16.9. The van der Waals surface area contributed by atoms with Gasteiger partial charge in [-0.25, -0.2) is 29.9 Å². The second-order valence-electron chi connectivity index (χ2n) is 7.07. The second-order valence-corrected chi connectivity index (χ2v) is 7.07. The largest absolute Gasteiger partial charge is 0.322 e. The number of nitrogens with zero attached hydrogens (tertiary/aromatic N) is 8. The first-order valence-electron chi connectivity index (χ1n) is 9.37. The molecule has 0 aliphatic carbocycles. The Labute approximate surface area is 171 Å². The van der Waals surface area contributed by atoms with Crippen molar-refractivity contribution in [2.45, 2.75) is 27.7 Å². The van der Waals surface area contributed by atoms with E-state index in [2.05, 4.69) is 49.9 Å². The maximum Gasteiger partial charge on any atom is 0.160 e. The Hall–Kier alpha value is -4.08. The third-order valence-corrected chi connectivity index (χ3v) is 5.10. The maximum absolute atomic E-state index is 4.61. The summed E-state index contributed by atoms with van der Waals surface area (Å²) >= 11 is 0. The lowest BCUT2D eigenvalue weighted by Gasteiger charge is -1.98. The first kappa shape index (κ1) is 18.0. The van der Waals surface area contributed by atoms with Gasteiger partial charge in [-0.05, 0) is 27.7 Å². The van der Waals surface area contributed by atoms with Crippen LogP contribution in [0.4, 0.5) is 0 Å². The van der Waals surface area contributed by atoms with Crippen molar-refractivity contribution >= 4 is 47.1 Å². The lowest BCUT2D eigenvalue weighted by molar-refractivity contribution is 0.966. The van der Waals surface area contributed by atoms with E-state index in [0.717, 1.165) is 22.3 Å². The number of aliphatic imine (C=N–C) groups is 2. The molecular weight excluding hydrogens is 380 g/mol. The van der Waals surface area contributed by atoms with Gasteiger partial charge in [-0.15, -0.1) is 0 Å². The highest BCUT2D eigenvalue weighted by atomic mass is 15.1. The van der Waals surface area contributed by atoms with E-state index in [1.165, 1.54) is 0 Å². The van der Waals surface area contributed by atoms with Gasteiger partial charge in [0.1, 0.15) is 0 Å². The molecule has 2 N–H and O–H groups in total. The van der Waals surface area contributed by atoms with Crippen LogP contribution in [0.5, 0.6) is 0 Å². The summed E-state index contributed by atoms with van der Waals surface area (Å²) in [4.78, 5) is 42.4. The van der Waals surface area contributed by atoms with Gasteiger partial charge < -0.3 is 9.97 Å². The Kier molecular flexibility index (Phi) is 4.05. The van der Waals surface area contributed by atoms with Crippen LogP contribution in [0.3, 0.4) is 0 Å². The van der Waals surface area contributed by atoms with E-state index in [-0.39, 0.29) is 0 Å². The fraction of sp³-hybridized carbons (Fsp3) is 0.200. The van der Waals surface area contributed by atoms with Gasteiger partial charge in [0.15, 0.2) is 45.9 Å². The van der Waals surface area contributed by atoms with Crippen molar-refractivity contribution < 1.29 is 0 Å². The summed E-state index contributed by atoms with van der Waals surface area (Å²) in [7, 11) is 0. The molecule has 10 heteroatoms. The van der Waals surface area contributed by atoms with E-state index in [9.17, 15) is 0 Å². The molecule has 0 fully saturated rings. The zero-order chi connectivity index (χ0) is 20.8. The Balaban J connectivity index is 1.92. The van der Waals surface area contributed by atoms with E-state index in [0.29, 0.717) is 45.9 Å². The molecule has 1 aromatic rings. The van der Waals surface area contributed by atoms with Crippen LogP contribution in [0.1, 0.15) is 62.6 Å². The van der Waals surface area contributed by atoms with Crippen LogP contribution in [0.15, 0.2) is 9.98 Å². The normalized spacial score (nSPS) is 15.3. The number of H-pyrrole nitrogens is 2. The molecule has 0 amide bonds. The molecule has 1 aromatic heterocycles. The highest BCUT2D eigenvalue weighted by Crippen LogP contribution is 2.26. The Morgan fingerprint density at radius 1 is 0.500 bits per heavy atom. The van der Waals surface area contributed by atoms with Crippen LogP contribution in [0.25, 0.3) is 34.7 Å².